The second-order valence-electron chi connectivity index (χ2n) is 9.64. The number of anilines is 2. The lowest BCUT2D eigenvalue weighted by Crippen LogP contribution is -2.48. The van der Waals surface area contributed by atoms with Crippen molar-refractivity contribution in [2.45, 2.75) is 57.8 Å². The van der Waals surface area contributed by atoms with Gasteiger partial charge in [-0.2, -0.15) is 0 Å². The lowest BCUT2D eigenvalue weighted by molar-refractivity contribution is -0.122. The second-order valence-corrected chi connectivity index (χ2v) is 11.5. The fourth-order valence-electron chi connectivity index (χ4n) is 3.55. The Labute approximate surface area is 227 Å². The molecule has 0 radical (unpaired) electrons. The van der Waals surface area contributed by atoms with Crippen LogP contribution in [-0.2, 0) is 30.9 Å². The van der Waals surface area contributed by atoms with E-state index in [-0.39, 0.29) is 46.9 Å². The first-order valence-electron chi connectivity index (χ1n) is 12.2. The smallest absolute Gasteiger partial charge is 0.412 e. The summed E-state index contributed by atoms with van der Waals surface area (Å²) in [7, 11) is -2.91. The van der Waals surface area contributed by atoms with Crippen LogP contribution >= 0.6 is 0 Å². The predicted octanol–water partition coefficient (Wildman–Crippen LogP) is 1.47. The molecule has 0 aliphatic carbocycles. The number of nitrogens with one attached hydrogen (secondary N) is 3. The Morgan fingerprint density at radius 2 is 1.95 bits per heavy atom. The van der Waals surface area contributed by atoms with Crippen molar-refractivity contribution in [1.82, 2.24) is 20.4 Å². The third-order valence-corrected chi connectivity index (χ3v) is 7.08. The summed E-state index contributed by atoms with van der Waals surface area (Å²) >= 11 is 0. The average molecular weight is 567 g/mol. The van der Waals surface area contributed by atoms with Crippen molar-refractivity contribution in [2.75, 3.05) is 36.4 Å². The maximum Gasteiger partial charge on any atom is 0.412 e. The summed E-state index contributed by atoms with van der Waals surface area (Å²) in [4.78, 5) is 35.3. The Hall–Kier alpha value is -4.01. The number of nitrogens with zero attached hydrogens (tertiary/aromatic N) is 3. The number of carbonyl (C=O) groups excluding carboxylic acids is 3. The lowest BCUT2D eigenvalue weighted by Gasteiger charge is -2.35. The maximum absolute atomic E-state index is 14.1. The summed E-state index contributed by atoms with van der Waals surface area (Å²) in [6, 6.07) is 4.50. The van der Waals surface area contributed by atoms with Gasteiger partial charge in [-0.15, -0.1) is 5.10 Å². The second kappa shape index (κ2) is 11.8. The number of aromatic nitrogens is 2. The molecule has 3 amide bonds. The van der Waals surface area contributed by atoms with Crippen molar-refractivity contribution in [1.29, 1.82) is 0 Å². The van der Waals surface area contributed by atoms with E-state index in [9.17, 15) is 22.8 Å². The summed E-state index contributed by atoms with van der Waals surface area (Å²) in [5.74, 6) is -0.792. The van der Waals surface area contributed by atoms with Gasteiger partial charge < -0.3 is 24.8 Å². The van der Waals surface area contributed by atoms with Crippen LogP contribution in [0, 0.1) is 0 Å². The van der Waals surface area contributed by atoms with Gasteiger partial charge in [-0.1, -0.05) is 0 Å². The highest BCUT2D eigenvalue weighted by Crippen LogP contribution is 2.40. The van der Waals surface area contributed by atoms with Crippen molar-refractivity contribution in [3.63, 3.8) is 0 Å². The number of hydrogen-bond acceptors (Lipinski definition) is 9. The van der Waals surface area contributed by atoms with Crippen molar-refractivity contribution >= 4 is 39.3 Å². The monoisotopic (exact) mass is 566 g/mol. The summed E-state index contributed by atoms with van der Waals surface area (Å²) in [5.41, 5.74) is -0.324. The van der Waals surface area contributed by atoms with Gasteiger partial charge in [0.25, 0.3) is 21.8 Å². The number of rotatable bonds is 9. The molecule has 1 aliphatic heterocycles. The SMILES string of the molecule is CCn1cc(S(=O)(=O)N2CC(CNC(C)=O)Oc3ccc(NC(=O)OC(C)(C)C)cc32)c(OCC(=O)NC)n1. The molecule has 15 heteroatoms. The van der Waals surface area contributed by atoms with Crippen LogP contribution in [0.4, 0.5) is 16.2 Å². The first-order valence-corrected chi connectivity index (χ1v) is 13.7. The number of benzene rings is 1. The van der Waals surface area contributed by atoms with Crippen LogP contribution in [0.3, 0.4) is 0 Å². The average Bonchev–Trinajstić information content (AvgIpc) is 3.28. The fraction of sp³-hybridized carbons (Fsp3) is 0.500. The van der Waals surface area contributed by atoms with Crippen LogP contribution in [0.5, 0.6) is 11.6 Å². The van der Waals surface area contributed by atoms with Gasteiger partial charge >= 0.3 is 6.09 Å². The molecule has 214 valence electrons. The Kier molecular flexibility index (Phi) is 8.94. The standard InChI is InChI=1S/C24H34N6O8S/c1-7-29-13-20(22(28-29)36-14-21(32)25-6)39(34,35)30-12-17(11-26-15(2)31)37-19-9-8-16(10-18(19)30)27-23(33)38-24(3,4)5/h8-10,13,17H,7,11-12,14H2,1-6H3,(H,25,32)(H,26,31)(H,27,33). The summed E-state index contributed by atoms with van der Waals surface area (Å²) in [5, 5.41) is 11.8. The van der Waals surface area contributed by atoms with Crippen LogP contribution in [0.15, 0.2) is 29.3 Å². The zero-order valence-corrected chi connectivity index (χ0v) is 23.5. The Morgan fingerprint density at radius 3 is 2.56 bits per heavy atom. The van der Waals surface area contributed by atoms with Crippen LogP contribution in [0.25, 0.3) is 0 Å². The number of aryl methyl sites for hydroxylation is 1. The molecule has 0 saturated carbocycles. The minimum Gasteiger partial charge on any atom is -0.484 e. The molecule has 0 fully saturated rings. The summed E-state index contributed by atoms with van der Waals surface area (Å²) < 4.78 is 47.3. The van der Waals surface area contributed by atoms with Crippen molar-refractivity contribution in [2.24, 2.45) is 0 Å². The minimum absolute atomic E-state index is 0.0486. The van der Waals surface area contributed by atoms with Gasteiger partial charge in [-0.25, -0.2) is 13.2 Å². The van der Waals surface area contributed by atoms with Gasteiger partial charge in [0.1, 0.15) is 17.5 Å². The molecule has 2 heterocycles. The molecule has 1 aromatic heterocycles. The number of amides is 3. The molecule has 39 heavy (non-hydrogen) atoms. The van der Waals surface area contributed by atoms with Gasteiger partial charge in [-0.05, 0) is 45.9 Å². The number of hydrogen-bond donors (Lipinski definition) is 3. The molecule has 1 aromatic carbocycles. The first kappa shape index (κ1) is 29.5. The van der Waals surface area contributed by atoms with E-state index >= 15 is 0 Å². The van der Waals surface area contributed by atoms with Gasteiger partial charge in [0.2, 0.25) is 5.91 Å². The van der Waals surface area contributed by atoms with Crippen LogP contribution in [0.1, 0.15) is 34.6 Å². The van der Waals surface area contributed by atoms with Gasteiger partial charge in [0, 0.05) is 32.4 Å². The lowest BCUT2D eigenvalue weighted by atomic mass is 10.2. The normalized spacial score (nSPS) is 15.0. The highest BCUT2D eigenvalue weighted by atomic mass is 32.2. The molecule has 3 N–H and O–H groups in total. The van der Waals surface area contributed by atoms with E-state index in [1.54, 1.807) is 33.8 Å². The number of ether oxygens (including phenoxy) is 3. The third-order valence-electron chi connectivity index (χ3n) is 5.32. The van der Waals surface area contributed by atoms with Gasteiger partial charge in [0.15, 0.2) is 11.5 Å². The minimum atomic E-state index is -4.34. The number of likely N-dealkylation sites (N-methyl/N-ethyl adjacent to an activating group) is 1. The van der Waals surface area contributed by atoms with E-state index < -0.39 is 40.3 Å². The summed E-state index contributed by atoms with van der Waals surface area (Å²) in [6.45, 7) is 8.06. The molecular weight excluding hydrogens is 532 g/mol. The molecule has 0 spiro atoms. The molecule has 0 bridgehead atoms. The number of sulfonamides is 1. The van der Waals surface area contributed by atoms with E-state index in [0.717, 1.165) is 4.31 Å². The maximum atomic E-state index is 14.1. The van der Waals surface area contributed by atoms with Crippen molar-refractivity contribution < 1.29 is 37.0 Å². The topological polar surface area (TPSA) is 170 Å². The van der Waals surface area contributed by atoms with E-state index in [0.29, 0.717) is 6.54 Å². The van der Waals surface area contributed by atoms with Gasteiger partial charge in [-0.3, -0.25) is 23.9 Å². The fourth-order valence-corrected chi connectivity index (χ4v) is 5.13. The first-order chi connectivity index (χ1) is 18.2. The molecule has 1 unspecified atom stereocenters. The van der Waals surface area contributed by atoms with E-state index in [4.69, 9.17) is 14.2 Å². The summed E-state index contributed by atoms with van der Waals surface area (Å²) in [6.07, 6.45) is -0.126. The van der Waals surface area contributed by atoms with Crippen LogP contribution in [-0.4, -0.2) is 74.6 Å². The van der Waals surface area contributed by atoms with Crippen molar-refractivity contribution in [3.8, 4) is 11.6 Å². The third kappa shape index (κ3) is 7.52. The quantitative estimate of drug-likeness (QED) is 0.407. The number of carbonyl (C=O) groups is 3. The largest absolute Gasteiger partial charge is 0.484 e. The zero-order valence-electron chi connectivity index (χ0n) is 22.7. The number of fused-ring (bicyclic) bond motifs is 1. The predicted molar refractivity (Wildman–Crippen MR) is 141 cm³/mol. The molecule has 1 atom stereocenters. The highest BCUT2D eigenvalue weighted by Gasteiger charge is 2.38. The highest BCUT2D eigenvalue weighted by molar-refractivity contribution is 7.93. The molecule has 1 aliphatic rings. The molecule has 0 saturated heterocycles. The van der Waals surface area contributed by atoms with E-state index in [1.165, 1.54) is 37.0 Å². The molecular formula is C24H34N6O8S. The van der Waals surface area contributed by atoms with E-state index in [1.807, 2.05) is 0 Å². The Morgan fingerprint density at radius 1 is 1.23 bits per heavy atom. The molecule has 3 rings (SSSR count). The van der Waals surface area contributed by atoms with Crippen molar-refractivity contribution in [3.05, 3.63) is 24.4 Å². The molecule has 14 nitrogen and oxygen atoms in total. The zero-order chi connectivity index (χ0) is 29.0. The molecule has 2 aromatic rings. The van der Waals surface area contributed by atoms with Gasteiger partial charge in [0.05, 0.1) is 18.8 Å². The Balaban J connectivity index is 2.03. The van der Waals surface area contributed by atoms with Crippen LogP contribution < -0.4 is 29.7 Å². The van der Waals surface area contributed by atoms with E-state index in [2.05, 4.69) is 21.0 Å². The van der Waals surface area contributed by atoms with Crippen LogP contribution in [0.2, 0.25) is 0 Å². The Bertz CT molecular complexity index is 1330.